The summed E-state index contributed by atoms with van der Waals surface area (Å²) in [4.78, 5) is 2.26. The van der Waals surface area contributed by atoms with Gasteiger partial charge in [0.15, 0.2) is 17.3 Å². The van der Waals surface area contributed by atoms with Gasteiger partial charge < -0.3 is 19.1 Å². The molecule has 2 aliphatic heterocycles. The zero-order chi connectivity index (χ0) is 15.1. The number of ether oxygens (including phenoxy) is 2. The van der Waals surface area contributed by atoms with E-state index in [-0.39, 0.29) is 13.4 Å². The molecular formula is C14H15ClN4O3. The van der Waals surface area contributed by atoms with E-state index in [4.69, 9.17) is 21.1 Å². The minimum absolute atomic E-state index is 0.0786. The highest BCUT2D eigenvalue weighted by molar-refractivity contribution is 6.32. The maximum atomic E-state index is 9.23. The highest BCUT2D eigenvalue weighted by Gasteiger charge is 2.23. The van der Waals surface area contributed by atoms with Gasteiger partial charge in [-0.2, -0.15) is 0 Å². The van der Waals surface area contributed by atoms with Crippen LogP contribution in [0.25, 0.3) is 0 Å². The molecule has 3 heterocycles. The van der Waals surface area contributed by atoms with Crippen LogP contribution in [0, 0.1) is 0 Å². The lowest BCUT2D eigenvalue weighted by molar-refractivity contribution is 0.173. The molecule has 0 saturated heterocycles. The van der Waals surface area contributed by atoms with Crippen LogP contribution in [0.5, 0.6) is 11.5 Å². The van der Waals surface area contributed by atoms with Crippen molar-refractivity contribution >= 4 is 11.6 Å². The summed E-state index contributed by atoms with van der Waals surface area (Å²) in [6.07, 6.45) is 0. The maximum Gasteiger partial charge on any atom is 0.231 e. The third-order valence-electron chi connectivity index (χ3n) is 3.94. The number of aromatic nitrogens is 3. The van der Waals surface area contributed by atoms with Gasteiger partial charge >= 0.3 is 0 Å². The van der Waals surface area contributed by atoms with Crippen molar-refractivity contribution in [2.24, 2.45) is 0 Å². The molecule has 0 aliphatic carbocycles. The first kappa shape index (κ1) is 13.8. The third-order valence-corrected chi connectivity index (χ3v) is 4.22. The fourth-order valence-electron chi connectivity index (χ4n) is 2.89. The van der Waals surface area contributed by atoms with Crippen molar-refractivity contribution in [1.29, 1.82) is 0 Å². The molecule has 0 spiro atoms. The zero-order valence-electron chi connectivity index (χ0n) is 11.8. The van der Waals surface area contributed by atoms with Gasteiger partial charge in [-0.05, 0) is 17.7 Å². The van der Waals surface area contributed by atoms with Gasteiger partial charge in [0.1, 0.15) is 12.4 Å². The Hall–Kier alpha value is -1.83. The fourth-order valence-corrected chi connectivity index (χ4v) is 3.18. The Labute approximate surface area is 132 Å². The van der Waals surface area contributed by atoms with Crippen LogP contribution < -0.4 is 9.47 Å². The van der Waals surface area contributed by atoms with Crippen molar-refractivity contribution in [3.05, 3.63) is 34.4 Å². The van der Waals surface area contributed by atoms with Gasteiger partial charge in [-0.15, -0.1) is 10.2 Å². The molecule has 0 unspecified atom stereocenters. The molecule has 0 bridgehead atoms. The molecule has 1 aromatic heterocycles. The fraction of sp³-hybridized carbons (Fsp3) is 0.429. The summed E-state index contributed by atoms with van der Waals surface area (Å²) in [7, 11) is 0. The predicted molar refractivity (Wildman–Crippen MR) is 77.6 cm³/mol. The Balaban J connectivity index is 1.52. The molecule has 22 heavy (non-hydrogen) atoms. The quantitative estimate of drug-likeness (QED) is 0.914. The van der Waals surface area contributed by atoms with E-state index in [1.165, 1.54) is 0 Å². The van der Waals surface area contributed by atoms with Gasteiger partial charge in [-0.25, -0.2) is 0 Å². The molecule has 0 radical (unpaired) electrons. The Kier molecular flexibility index (Phi) is 3.40. The molecule has 0 saturated carbocycles. The van der Waals surface area contributed by atoms with Crippen LogP contribution in [0.4, 0.5) is 0 Å². The lowest BCUT2D eigenvalue weighted by atomic mass is 10.1. The highest BCUT2D eigenvalue weighted by atomic mass is 35.5. The smallest absolute Gasteiger partial charge is 0.231 e. The van der Waals surface area contributed by atoms with Gasteiger partial charge in [0.25, 0.3) is 0 Å². The Bertz CT molecular complexity index is 718. The first-order valence-corrected chi connectivity index (χ1v) is 7.44. The Morgan fingerprint density at radius 3 is 3.00 bits per heavy atom. The molecule has 0 atom stereocenters. The molecule has 0 fully saturated rings. The van der Waals surface area contributed by atoms with E-state index in [9.17, 15) is 5.11 Å². The van der Waals surface area contributed by atoms with Gasteiger partial charge in [-0.3, -0.25) is 4.90 Å². The van der Waals surface area contributed by atoms with E-state index < -0.39 is 0 Å². The summed E-state index contributed by atoms with van der Waals surface area (Å²) >= 11 is 6.22. The summed E-state index contributed by atoms with van der Waals surface area (Å²) in [6, 6.07) is 3.88. The van der Waals surface area contributed by atoms with Crippen LogP contribution in [-0.4, -0.2) is 38.1 Å². The van der Waals surface area contributed by atoms with E-state index in [0.29, 0.717) is 28.9 Å². The van der Waals surface area contributed by atoms with E-state index in [0.717, 1.165) is 31.0 Å². The summed E-state index contributed by atoms with van der Waals surface area (Å²) in [6.45, 7) is 3.22. The first-order valence-electron chi connectivity index (χ1n) is 7.07. The number of aliphatic hydroxyl groups excluding tert-OH is 1. The molecule has 8 heteroatoms. The second-order valence-electron chi connectivity index (χ2n) is 5.36. The van der Waals surface area contributed by atoms with E-state index in [2.05, 4.69) is 15.1 Å². The SMILES string of the molecule is OCc1nnc2n1CCN(Cc1cc(Cl)c3c(c1)OCO3)C2. The van der Waals surface area contributed by atoms with Crippen LogP contribution in [0.2, 0.25) is 5.02 Å². The average molecular weight is 323 g/mol. The van der Waals surface area contributed by atoms with Crippen molar-refractivity contribution in [3.63, 3.8) is 0 Å². The number of fused-ring (bicyclic) bond motifs is 2. The molecule has 7 nitrogen and oxygen atoms in total. The van der Waals surface area contributed by atoms with Crippen molar-refractivity contribution in [2.45, 2.75) is 26.2 Å². The van der Waals surface area contributed by atoms with Crippen LogP contribution in [0.15, 0.2) is 12.1 Å². The standard InChI is InChI=1S/C14H15ClN4O3/c15-10-3-9(4-11-14(10)22-8-21-11)5-18-1-2-19-12(6-18)16-17-13(19)7-20/h3-4,20H,1-2,5-8H2. The monoisotopic (exact) mass is 322 g/mol. The summed E-state index contributed by atoms with van der Waals surface area (Å²) in [5.74, 6) is 2.82. The topological polar surface area (TPSA) is 72.6 Å². The summed E-state index contributed by atoms with van der Waals surface area (Å²) in [5, 5.41) is 17.9. The number of halogens is 1. The second kappa shape index (κ2) is 5.42. The Morgan fingerprint density at radius 1 is 1.23 bits per heavy atom. The van der Waals surface area contributed by atoms with Crippen LogP contribution in [-0.2, 0) is 26.2 Å². The van der Waals surface area contributed by atoms with Crippen molar-refractivity contribution in [3.8, 4) is 11.5 Å². The zero-order valence-corrected chi connectivity index (χ0v) is 12.6. The summed E-state index contributed by atoms with van der Waals surface area (Å²) < 4.78 is 12.7. The van der Waals surface area contributed by atoms with Crippen molar-refractivity contribution < 1.29 is 14.6 Å². The minimum Gasteiger partial charge on any atom is -0.454 e. The van der Waals surface area contributed by atoms with Gasteiger partial charge in [-0.1, -0.05) is 11.6 Å². The number of rotatable bonds is 3. The minimum atomic E-state index is -0.0786. The number of nitrogens with zero attached hydrogens (tertiary/aromatic N) is 4. The maximum absolute atomic E-state index is 9.23. The third kappa shape index (κ3) is 2.31. The lowest BCUT2D eigenvalue weighted by Crippen LogP contribution is -2.34. The van der Waals surface area contributed by atoms with E-state index >= 15 is 0 Å². The molecular weight excluding hydrogens is 308 g/mol. The summed E-state index contributed by atoms with van der Waals surface area (Å²) in [5.41, 5.74) is 1.07. The molecule has 1 aromatic carbocycles. The van der Waals surface area contributed by atoms with Gasteiger partial charge in [0.05, 0.1) is 11.6 Å². The number of hydrogen-bond acceptors (Lipinski definition) is 6. The highest BCUT2D eigenvalue weighted by Crippen LogP contribution is 2.40. The van der Waals surface area contributed by atoms with Crippen molar-refractivity contribution in [1.82, 2.24) is 19.7 Å². The molecule has 2 aromatic rings. The van der Waals surface area contributed by atoms with Crippen LogP contribution in [0.3, 0.4) is 0 Å². The molecule has 1 N–H and O–H groups in total. The lowest BCUT2D eigenvalue weighted by Gasteiger charge is -2.27. The molecule has 4 rings (SSSR count). The normalized spacial score (nSPS) is 16.8. The largest absolute Gasteiger partial charge is 0.454 e. The number of hydrogen-bond donors (Lipinski definition) is 1. The van der Waals surface area contributed by atoms with Crippen LogP contribution in [0.1, 0.15) is 17.2 Å². The van der Waals surface area contributed by atoms with Gasteiger partial charge in [0, 0.05) is 19.6 Å². The average Bonchev–Trinajstić information content (AvgIpc) is 3.13. The number of aliphatic hydroxyl groups is 1. The van der Waals surface area contributed by atoms with Gasteiger partial charge in [0.2, 0.25) is 6.79 Å². The molecule has 0 amide bonds. The van der Waals surface area contributed by atoms with Crippen molar-refractivity contribution in [2.75, 3.05) is 13.3 Å². The number of benzene rings is 1. The first-order chi connectivity index (χ1) is 10.7. The second-order valence-corrected chi connectivity index (χ2v) is 5.77. The molecule has 2 aliphatic rings. The predicted octanol–water partition coefficient (Wildman–Crippen LogP) is 1.17. The Morgan fingerprint density at radius 2 is 2.14 bits per heavy atom. The molecule has 116 valence electrons. The van der Waals surface area contributed by atoms with Crippen LogP contribution >= 0.6 is 11.6 Å². The van der Waals surface area contributed by atoms with E-state index in [1.807, 2.05) is 16.7 Å². The van der Waals surface area contributed by atoms with E-state index in [1.54, 1.807) is 0 Å².